The van der Waals surface area contributed by atoms with Crippen molar-refractivity contribution >= 4 is 17.8 Å². The number of nitrogens with two attached hydrogens (primary N) is 1. The molecule has 7 nitrogen and oxygen atoms in total. The molecule has 2 amide bonds. The summed E-state index contributed by atoms with van der Waals surface area (Å²) in [6.45, 7) is 2.55. The van der Waals surface area contributed by atoms with E-state index in [0.29, 0.717) is 19.5 Å². The Hall–Kier alpha value is -1.63. The standard InChI is InChI=1S/C11H19N3O4/c1-2-3-7(12)11(18)14-5-4-13-10(17)8(14)6-9(15)16/h7-8H,2-6,12H2,1H3,(H,13,17)(H,15,16)/t7-,8?/m0/s1. The quantitative estimate of drug-likeness (QED) is 0.579. The number of amides is 2. The third kappa shape index (κ3) is 3.43. The van der Waals surface area contributed by atoms with Crippen LogP contribution in [0.25, 0.3) is 0 Å². The van der Waals surface area contributed by atoms with Gasteiger partial charge >= 0.3 is 5.97 Å². The zero-order valence-corrected chi connectivity index (χ0v) is 10.4. The molecule has 0 aromatic heterocycles. The highest BCUT2D eigenvalue weighted by Crippen LogP contribution is 2.12. The third-order valence-corrected chi connectivity index (χ3v) is 2.90. The van der Waals surface area contributed by atoms with Crippen LogP contribution in [0.2, 0.25) is 0 Å². The van der Waals surface area contributed by atoms with Gasteiger partial charge in [0.2, 0.25) is 11.8 Å². The number of nitrogens with zero attached hydrogens (tertiary/aromatic N) is 1. The number of carboxylic acid groups (broad SMARTS) is 1. The highest BCUT2D eigenvalue weighted by Gasteiger charge is 2.36. The molecule has 1 aliphatic rings. The van der Waals surface area contributed by atoms with Gasteiger partial charge in [0.1, 0.15) is 6.04 Å². The summed E-state index contributed by atoms with van der Waals surface area (Å²) in [5.74, 6) is -1.89. The molecule has 102 valence electrons. The van der Waals surface area contributed by atoms with Gasteiger partial charge in [-0.05, 0) is 6.42 Å². The number of carbonyl (C=O) groups excluding carboxylic acids is 2. The maximum atomic E-state index is 12.1. The van der Waals surface area contributed by atoms with Crippen LogP contribution in [0, 0.1) is 0 Å². The van der Waals surface area contributed by atoms with Crippen molar-refractivity contribution in [2.75, 3.05) is 13.1 Å². The van der Waals surface area contributed by atoms with Crippen LogP contribution >= 0.6 is 0 Å². The first-order valence-electron chi connectivity index (χ1n) is 6.03. The Morgan fingerprint density at radius 2 is 2.28 bits per heavy atom. The molecule has 7 heteroatoms. The zero-order chi connectivity index (χ0) is 13.7. The summed E-state index contributed by atoms with van der Waals surface area (Å²) in [7, 11) is 0. The first-order chi connectivity index (χ1) is 8.47. The zero-order valence-electron chi connectivity index (χ0n) is 10.4. The molecule has 1 heterocycles. The van der Waals surface area contributed by atoms with Crippen molar-refractivity contribution in [1.29, 1.82) is 0 Å². The van der Waals surface area contributed by atoms with E-state index in [4.69, 9.17) is 10.8 Å². The van der Waals surface area contributed by atoms with Crippen molar-refractivity contribution < 1.29 is 19.5 Å². The summed E-state index contributed by atoms with van der Waals surface area (Å²) in [6, 6.07) is -1.62. The van der Waals surface area contributed by atoms with Gasteiger partial charge in [0.25, 0.3) is 0 Å². The van der Waals surface area contributed by atoms with Crippen molar-refractivity contribution in [1.82, 2.24) is 10.2 Å². The molecule has 0 aromatic rings. The van der Waals surface area contributed by atoms with Crippen molar-refractivity contribution in [3.8, 4) is 0 Å². The molecule has 0 radical (unpaired) electrons. The maximum Gasteiger partial charge on any atom is 0.305 e. The van der Waals surface area contributed by atoms with Gasteiger partial charge in [-0.2, -0.15) is 0 Å². The number of nitrogens with one attached hydrogen (secondary N) is 1. The number of carboxylic acids is 1. The van der Waals surface area contributed by atoms with Crippen LogP contribution < -0.4 is 11.1 Å². The van der Waals surface area contributed by atoms with Gasteiger partial charge < -0.3 is 21.1 Å². The fraction of sp³-hybridized carbons (Fsp3) is 0.727. The molecule has 4 N–H and O–H groups in total. The Morgan fingerprint density at radius 1 is 1.61 bits per heavy atom. The molecule has 1 rings (SSSR count). The molecule has 18 heavy (non-hydrogen) atoms. The predicted molar refractivity (Wildman–Crippen MR) is 63.6 cm³/mol. The van der Waals surface area contributed by atoms with Crippen LogP contribution in [0.3, 0.4) is 0 Å². The van der Waals surface area contributed by atoms with Crippen LogP contribution in [0.1, 0.15) is 26.2 Å². The first-order valence-corrected chi connectivity index (χ1v) is 6.03. The number of aliphatic carboxylic acids is 1. The lowest BCUT2D eigenvalue weighted by Gasteiger charge is -2.35. The molecule has 1 aliphatic heterocycles. The van der Waals surface area contributed by atoms with E-state index in [1.165, 1.54) is 4.90 Å². The number of carbonyl (C=O) groups is 3. The average molecular weight is 257 g/mol. The molecule has 1 saturated heterocycles. The lowest BCUT2D eigenvalue weighted by atomic mass is 10.1. The molecule has 0 saturated carbocycles. The van der Waals surface area contributed by atoms with Gasteiger partial charge in [0.15, 0.2) is 0 Å². The average Bonchev–Trinajstić information content (AvgIpc) is 2.30. The molecule has 0 aliphatic carbocycles. The minimum absolute atomic E-state index is 0.305. The molecule has 0 bridgehead atoms. The van der Waals surface area contributed by atoms with E-state index >= 15 is 0 Å². The monoisotopic (exact) mass is 257 g/mol. The highest BCUT2D eigenvalue weighted by atomic mass is 16.4. The summed E-state index contributed by atoms with van der Waals surface area (Å²) >= 11 is 0. The number of rotatable bonds is 5. The van der Waals surface area contributed by atoms with Crippen molar-refractivity contribution in [3.63, 3.8) is 0 Å². The first kappa shape index (κ1) is 14.4. The molecule has 0 spiro atoms. The third-order valence-electron chi connectivity index (χ3n) is 2.90. The molecular weight excluding hydrogens is 238 g/mol. The summed E-state index contributed by atoms with van der Waals surface area (Å²) in [5.41, 5.74) is 5.73. The number of hydrogen-bond acceptors (Lipinski definition) is 4. The van der Waals surface area contributed by atoms with Crippen molar-refractivity contribution in [2.24, 2.45) is 5.73 Å². The molecule has 2 atom stereocenters. The lowest BCUT2D eigenvalue weighted by molar-refractivity contribution is -0.149. The Bertz CT molecular complexity index is 345. The second kappa shape index (κ2) is 6.34. The van der Waals surface area contributed by atoms with Crippen molar-refractivity contribution in [3.05, 3.63) is 0 Å². The van der Waals surface area contributed by atoms with E-state index in [0.717, 1.165) is 6.42 Å². The Morgan fingerprint density at radius 3 is 2.83 bits per heavy atom. The van der Waals surface area contributed by atoms with Crippen LogP contribution in [-0.2, 0) is 14.4 Å². The second-order valence-electron chi connectivity index (χ2n) is 4.33. The Kier molecular flexibility index (Phi) is 5.08. The van der Waals surface area contributed by atoms with E-state index in [1.54, 1.807) is 0 Å². The fourth-order valence-corrected chi connectivity index (χ4v) is 1.99. The summed E-state index contributed by atoms with van der Waals surface area (Å²) < 4.78 is 0. The summed E-state index contributed by atoms with van der Waals surface area (Å²) in [5, 5.41) is 11.3. The van der Waals surface area contributed by atoms with Crippen LogP contribution in [0.5, 0.6) is 0 Å². The van der Waals surface area contributed by atoms with Gasteiger partial charge in [0.05, 0.1) is 12.5 Å². The van der Waals surface area contributed by atoms with E-state index in [2.05, 4.69) is 5.32 Å². The molecular formula is C11H19N3O4. The fourth-order valence-electron chi connectivity index (χ4n) is 1.99. The van der Waals surface area contributed by atoms with Gasteiger partial charge in [-0.15, -0.1) is 0 Å². The second-order valence-corrected chi connectivity index (χ2v) is 4.33. The predicted octanol–water partition coefficient (Wildman–Crippen LogP) is -1.08. The van der Waals surface area contributed by atoms with E-state index in [-0.39, 0.29) is 5.91 Å². The number of piperazine rings is 1. The van der Waals surface area contributed by atoms with E-state index in [9.17, 15) is 14.4 Å². The molecule has 0 aromatic carbocycles. The SMILES string of the molecule is CCC[C@H](N)C(=O)N1CCNC(=O)C1CC(=O)O. The van der Waals surface area contributed by atoms with Crippen LogP contribution in [-0.4, -0.2) is 53.0 Å². The van der Waals surface area contributed by atoms with Gasteiger partial charge in [-0.3, -0.25) is 14.4 Å². The Labute approximate surface area is 105 Å². The smallest absolute Gasteiger partial charge is 0.305 e. The largest absolute Gasteiger partial charge is 0.481 e. The van der Waals surface area contributed by atoms with Crippen LogP contribution in [0.15, 0.2) is 0 Å². The molecule has 1 fully saturated rings. The minimum Gasteiger partial charge on any atom is -0.481 e. The van der Waals surface area contributed by atoms with Gasteiger partial charge in [-0.1, -0.05) is 13.3 Å². The number of hydrogen-bond donors (Lipinski definition) is 3. The summed E-state index contributed by atoms with van der Waals surface area (Å²) in [6.07, 6.45) is 0.893. The van der Waals surface area contributed by atoms with E-state index < -0.39 is 30.4 Å². The molecule has 1 unspecified atom stereocenters. The summed E-state index contributed by atoms with van der Waals surface area (Å²) in [4.78, 5) is 35.7. The maximum absolute atomic E-state index is 12.1. The van der Waals surface area contributed by atoms with Gasteiger partial charge in [-0.25, -0.2) is 0 Å². The minimum atomic E-state index is -1.11. The Balaban J connectivity index is 2.78. The van der Waals surface area contributed by atoms with Gasteiger partial charge in [0, 0.05) is 13.1 Å². The normalized spacial score (nSPS) is 21.3. The highest BCUT2D eigenvalue weighted by molar-refractivity contribution is 5.93. The topological polar surface area (TPSA) is 113 Å². The van der Waals surface area contributed by atoms with Crippen LogP contribution in [0.4, 0.5) is 0 Å². The van der Waals surface area contributed by atoms with Crippen molar-refractivity contribution in [2.45, 2.75) is 38.3 Å². The lowest BCUT2D eigenvalue weighted by Crippen LogP contribution is -2.60. The van der Waals surface area contributed by atoms with E-state index in [1.807, 2.05) is 6.92 Å².